The minimum absolute atomic E-state index is 0.0926. The van der Waals surface area contributed by atoms with Gasteiger partial charge in [-0.1, -0.05) is 11.8 Å². The quantitative estimate of drug-likeness (QED) is 0.739. The standard InChI is InChI=1S/C15H25N5O2S2/c1-15(2,23-5)12-16-13(20(17-12)14(22)18(3)4)24-10-11(21)19-8-6-7-9-19/h6-10H2,1-5H3. The summed E-state index contributed by atoms with van der Waals surface area (Å²) >= 11 is 2.90. The van der Waals surface area contributed by atoms with Crippen LogP contribution in [0.15, 0.2) is 5.16 Å². The number of hydrogen-bond donors (Lipinski definition) is 0. The lowest BCUT2D eigenvalue weighted by atomic mass is 10.2. The van der Waals surface area contributed by atoms with Gasteiger partial charge in [0.25, 0.3) is 0 Å². The number of aromatic nitrogens is 3. The van der Waals surface area contributed by atoms with Gasteiger partial charge < -0.3 is 9.80 Å². The third kappa shape index (κ3) is 4.24. The normalized spacial score (nSPS) is 15.0. The summed E-state index contributed by atoms with van der Waals surface area (Å²) in [4.78, 5) is 32.5. The van der Waals surface area contributed by atoms with Crippen molar-refractivity contribution in [3.63, 3.8) is 0 Å². The van der Waals surface area contributed by atoms with Crippen LogP contribution in [0.25, 0.3) is 0 Å². The van der Waals surface area contributed by atoms with Crippen LogP contribution in [-0.4, -0.2) is 75.7 Å². The highest BCUT2D eigenvalue weighted by Gasteiger charge is 2.29. The summed E-state index contributed by atoms with van der Waals surface area (Å²) in [6.07, 6.45) is 4.12. The fourth-order valence-electron chi connectivity index (χ4n) is 2.24. The lowest BCUT2D eigenvalue weighted by molar-refractivity contribution is -0.127. The van der Waals surface area contributed by atoms with Crippen molar-refractivity contribution in [3.05, 3.63) is 5.82 Å². The molecule has 134 valence electrons. The molecule has 1 aliphatic heterocycles. The number of carbonyl (C=O) groups is 2. The Morgan fingerprint density at radius 3 is 2.42 bits per heavy atom. The molecule has 1 aliphatic rings. The lowest BCUT2D eigenvalue weighted by Crippen LogP contribution is -2.30. The third-order valence-corrected chi connectivity index (χ3v) is 6.09. The molecule has 0 atom stereocenters. The molecule has 1 aromatic heterocycles. The maximum absolute atomic E-state index is 12.4. The fraction of sp³-hybridized carbons (Fsp3) is 0.733. The van der Waals surface area contributed by atoms with Crippen molar-refractivity contribution >= 4 is 35.5 Å². The van der Waals surface area contributed by atoms with E-state index in [-0.39, 0.29) is 22.4 Å². The Balaban J connectivity index is 2.19. The van der Waals surface area contributed by atoms with E-state index in [0.717, 1.165) is 25.9 Å². The zero-order chi connectivity index (χ0) is 17.9. The van der Waals surface area contributed by atoms with Crippen LogP contribution in [0.1, 0.15) is 32.5 Å². The van der Waals surface area contributed by atoms with E-state index in [1.54, 1.807) is 25.9 Å². The number of hydrogen-bond acceptors (Lipinski definition) is 6. The molecule has 0 saturated carbocycles. The maximum atomic E-state index is 12.4. The summed E-state index contributed by atoms with van der Waals surface area (Å²) in [6.45, 7) is 5.68. The average molecular weight is 372 g/mol. The molecule has 0 radical (unpaired) electrons. The topological polar surface area (TPSA) is 71.3 Å². The lowest BCUT2D eigenvalue weighted by Gasteiger charge is -2.17. The minimum Gasteiger partial charge on any atom is -0.342 e. The number of carbonyl (C=O) groups excluding carboxylic acids is 2. The molecule has 1 aromatic rings. The van der Waals surface area contributed by atoms with Gasteiger partial charge in [0.2, 0.25) is 5.91 Å². The third-order valence-electron chi connectivity index (χ3n) is 3.97. The molecule has 0 unspecified atom stereocenters. The monoisotopic (exact) mass is 371 g/mol. The number of nitrogens with zero attached hydrogens (tertiary/aromatic N) is 5. The van der Waals surface area contributed by atoms with E-state index >= 15 is 0 Å². The molecule has 2 heterocycles. The van der Waals surface area contributed by atoms with Crippen molar-refractivity contribution in [2.75, 3.05) is 39.2 Å². The smallest absolute Gasteiger partial charge is 0.342 e. The van der Waals surface area contributed by atoms with Gasteiger partial charge in [0, 0.05) is 27.2 Å². The van der Waals surface area contributed by atoms with E-state index in [4.69, 9.17) is 0 Å². The highest BCUT2D eigenvalue weighted by Crippen LogP contribution is 2.32. The van der Waals surface area contributed by atoms with E-state index in [9.17, 15) is 9.59 Å². The molecule has 0 spiro atoms. The number of thioether (sulfide) groups is 2. The van der Waals surface area contributed by atoms with Gasteiger partial charge in [-0.3, -0.25) is 4.79 Å². The zero-order valence-corrected chi connectivity index (χ0v) is 16.5. The van der Waals surface area contributed by atoms with Gasteiger partial charge in [-0.2, -0.15) is 16.4 Å². The second-order valence-corrected chi connectivity index (χ2v) is 8.77. The van der Waals surface area contributed by atoms with Crippen LogP contribution >= 0.6 is 23.5 Å². The molecule has 24 heavy (non-hydrogen) atoms. The predicted molar refractivity (Wildman–Crippen MR) is 97.6 cm³/mol. The van der Waals surface area contributed by atoms with Gasteiger partial charge in [0.05, 0.1) is 10.5 Å². The second-order valence-electron chi connectivity index (χ2n) is 6.40. The van der Waals surface area contributed by atoms with Gasteiger partial charge in [-0.05, 0) is 32.9 Å². The van der Waals surface area contributed by atoms with Gasteiger partial charge in [-0.15, -0.1) is 5.10 Å². The van der Waals surface area contributed by atoms with E-state index in [2.05, 4.69) is 10.1 Å². The van der Waals surface area contributed by atoms with Crippen molar-refractivity contribution in [1.29, 1.82) is 0 Å². The van der Waals surface area contributed by atoms with Crippen LogP contribution < -0.4 is 0 Å². The first-order chi connectivity index (χ1) is 11.3. The van der Waals surface area contributed by atoms with Crippen LogP contribution in [0.3, 0.4) is 0 Å². The van der Waals surface area contributed by atoms with Crippen LogP contribution in [-0.2, 0) is 9.54 Å². The Morgan fingerprint density at radius 2 is 1.88 bits per heavy atom. The van der Waals surface area contributed by atoms with Crippen molar-refractivity contribution in [1.82, 2.24) is 24.6 Å². The largest absolute Gasteiger partial charge is 0.346 e. The van der Waals surface area contributed by atoms with E-state index < -0.39 is 0 Å². The SMILES string of the molecule is CSC(C)(C)c1nc(SCC(=O)N2CCCC2)n(C(=O)N(C)C)n1. The van der Waals surface area contributed by atoms with Crippen molar-refractivity contribution in [3.8, 4) is 0 Å². The summed E-state index contributed by atoms with van der Waals surface area (Å²) in [5, 5.41) is 4.87. The highest BCUT2D eigenvalue weighted by atomic mass is 32.2. The zero-order valence-electron chi connectivity index (χ0n) is 14.9. The van der Waals surface area contributed by atoms with Crippen LogP contribution in [0.2, 0.25) is 0 Å². The second kappa shape index (κ2) is 7.77. The van der Waals surface area contributed by atoms with Crippen molar-refractivity contribution < 1.29 is 9.59 Å². The molecule has 7 nitrogen and oxygen atoms in total. The molecule has 1 fully saturated rings. The molecule has 0 bridgehead atoms. The molecule has 9 heteroatoms. The van der Waals surface area contributed by atoms with Gasteiger partial charge >= 0.3 is 6.03 Å². The average Bonchev–Trinajstić information content (AvgIpc) is 3.21. The Bertz CT molecular complexity index is 609. The van der Waals surface area contributed by atoms with Gasteiger partial charge in [0.1, 0.15) is 0 Å². The summed E-state index contributed by atoms with van der Waals surface area (Å²) in [5.41, 5.74) is 0. The van der Waals surface area contributed by atoms with Crippen molar-refractivity contribution in [2.45, 2.75) is 36.6 Å². The predicted octanol–water partition coefficient (Wildman–Crippen LogP) is 2.12. The molecule has 2 amide bonds. The summed E-state index contributed by atoms with van der Waals surface area (Å²) in [6, 6.07) is -0.262. The number of amides is 2. The van der Waals surface area contributed by atoms with Crippen LogP contribution in [0.5, 0.6) is 0 Å². The molecular formula is C15H25N5O2S2. The highest BCUT2D eigenvalue weighted by molar-refractivity contribution is 8.00. The van der Waals surface area contributed by atoms with E-state index in [0.29, 0.717) is 11.0 Å². The van der Waals surface area contributed by atoms with Gasteiger partial charge in [-0.25, -0.2) is 9.78 Å². The molecule has 0 N–H and O–H groups in total. The Hall–Kier alpha value is -1.22. The van der Waals surface area contributed by atoms with E-state index in [1.165, 1.54) is 21.3 Å². The maximum Gasteiger partial charge on any atom is 0.346 e. The van der Waals surface area contributed by atoms with Crippen LogP contribution in [0.4, 0.5) is 4.79 Å². The molecule has 1 saturated heterocycles. The fourth-order valence-corrected chi connectivity index (χ4v) is 3.33. The number of likely N-dealkylation sites (tertiary alicyclic amines) is 1. The first kappa shape index (κ1) is 19.1. The first-order valence-electron chi connectivity index (χ1n) is 7.91. The Labute approximate surface area is 151 Å². The Morgan fingerprint density at radius 1 is 1.25 bits per heavy atom. The van der Waals surface area contributed by atoms with E-state index in [1.807, 2.05) is 25.0 Å². The molecule has 0 aromatic carbocycles. The molecule has 0 aliphatic carbocycles. The molecular weight excluding hydrogens is 346 g/mol. The first-order valence-corrected chi connectivity index (χ1v) is 10.1. The van der Waals surface area contributed by atoms with Crippen molar-refractivity contribution in [2.24, 2.45) is 0 Å². The summed E-state index contributed by atoms with van der Waals surface area (Å²) in [7, 11) is 3.35. The molecule has 2 rings (SSSR count). The van der Waals surface area contributed by atoms with Crippen LogP contribution in [0, 0.1) is 0 Å². The summed E-state index contributed by atoms with van der Waals surface area (Å²) in [5.74, 6) is 0.967. The minimum atomic E-state index is -0.299. The Kier molecular flexibility index (Phi) is 6.19. The summed E-state index contributed by atoms with van der Waals surface area (Å²) < 4.78 is 1.00. The number of rotatable bonds is 5. The van der Waals surface area contributed by atoms with Gasteiger partial charge in [0.15, 0.2) is 11.0 Å².